The third kappa shape index (κ3) is 4.59. The molecule has 2 aromatic carbocycles. The molecule has 0 aliphatic rings. The molecule has 1 N–H and O–H groups in total. The van der Waals surface area contributed by atoms with Crippen LogP contribution in [0, 0.1) is 0 Å². The van der Waals surface area contributed by atoms with E-state index in [0.717, 1.165) is 16.3 Å². The smallest absolute Gasteiger partial charge is 0.261 e. The topological polar surface area (TPSA) is 51.2 Å². The molecule has 0 fully saturated rings. The highest BCUT2D eigenvalue weighted by Crippen LogP contribution is 2.24. The first kappa shape index (κ1) is 17.5. The van der Waals surface area contributed by atoms with Gasteiger partial charge in [0, 0.05) is 10.9 Å². The van der Waals surface area contributed by atoms with Gasteiger partial charge in [0.2, 0.25) is 0 Å². The van der Waals surface area contributed by atoms with Crippen molar-refractivity contribution in [1.29, 1.82) is 0 Å². The molecule has 25 heavy (non-hydrogen) atoms. The third-order valence-corrected chi connectivity index (χ3v) is 4.71. The fourth-order valence-corrected chi connectivity index (χ4v) is 3.15. The lowest BCUT2D eigenvalue weighted by molar-refractivity contribution is -0.127. The maximum absolute atomic E-state index is 12.2. The molecule has 0 aliphatic heterocycles. The maximum Gasteiger partial charge on any atom is 0.261 e. The average molecular weight is 373 g/mol. The number of hydrogen-bond acceptors (Lipinski definition) is 4. The molecule has 0 radical (unpaired) electrons. The standard InChI is InChI=1S/C19H17ClN2O2S/c1-13(24-17-10-6-5-9-15(17)20)19(23)21-11-18-22-16(12-25-18)14-7-3-2-4-8-14/h2-10,12-13H,11H2,1H3,(H,21,23). The van der Waals surface area contributed by atoms with E-state index in [2.05, 4.69) is 10.3 Å². The number of para-hydroxylation sites is 1. The van der Waals surface area contributed by atoms with Crippen LogP contribution in [0.4, 0.5) is 0 Å². The summed E-state index contributed by atoms with van der Waals surface area (Å²) in [5.74, 6) is 0.281. The summed E-state index contributed by atoms with van der Waals surface area (Å²) in [5.41, 5.74) is 1.97. The molecule has 0 saturated heterocycles. The predicted molar refractivity (Wildman–Crippen MR) is 101 cm³/mol. The number of hydrogen-bond donors (Lipinski definition) is 1. The van der Waals surface area contributed by atoms with Crippen molar-refractivity contribution in [2.24, 2.45) is 0 Å². The van der Waals surface area contributed by atoms with Crippen LogP contribution in [0.5, 0.6) is 5.75 Å². The summed E-state index contributed by atoms with van der Waals surface area (Å²) in [4.78, 5) is 16.8. The molecule has 1 atom stereocenters. The van der Waals surface area contributed by atoms with Gasteiger partial charge in [-0.1, -0.05) is 54.1 Å². The van der Waals surface area contributed by atoms with E-state index in [9.17, 15) is 4.79 Å². The Morgan fingerprint density at radius 2 is 1.92 bits per heavy atom. The van der Waals surface area contributed by atoms with Crippen molar-refractivity contribution in [3.05, 3.63) is 70.0 Å². The van der Waals surface area contributed by atoms with Crippen LogP contribution in [-0.2, 0) is 11.3 Å². The van der Waals surface area contributed by atoms with E-state index in [4.69, 9.17) is 16.3 Å². The zero-order chi connectivity index (χ0) is 17.6. The lowest BCUT2D eigenvalue weighted by Crippen LogP contribution is -2.35. The van der Waals surface area contributed by atoms with Gasteiger partial charge in [-0.2, -0.15) is 0 Å². The Morgan fingerprint density at radius 1 is 1.20 bits per heavy atom. The quantitative estimate of drug-likeness (QED) is 0.690. The van der Waals surface area contributed by atoms with Gasteiger partial charge in [0.15, 0.2) is 6.10 Å². The fraction of sp³-hybridized carbons (Fsp3) is 0.158. The summed E-state index contributed by atoms with van der Waals surface area (Å²) in [7, 11) is 0. The Kier molecular flexibility index (Phi) is 5.68. The first-order chi connectivity index (χ1) is 12.1. The molecule has 1 amide bonds. The van der Waals surface area contributed by atoms with E-state index in [1.165, 1.54) is 11.3 Å². The number of rotatable bonds is 6. The summed E-state index contributed by atoms with van der Waals surface area (Å²) in [6, 6.07) is 17.0. The largest absolute Gasteiger partial charge is 0.479 e. The summed E-state index contributed by atoms with van der Waals surface area (Å²) in [5, 5.41) is 6.16. The summed E-state index contributed by atoms with van der Waals surface area (Å²) in [6.45, 7) is 2.06. The number of benzene rings is 2. The van der Waals surface area contributed by atoms with E-state index in [1.54, 1.807) is 19.1 Å². The number of thiazole rings is 1. The van der Waals surface area contributed by atoms with Crippen molar-refractivity contribution in [2.45, 2.75) is 19.6 Å². The van der Waals surface area contributed by atoms with E-state index in [0.29, 0.717) is 17.3 Å². The van der Waals surface area contributed by atoms with Gasteiger partial charge in [-0.3, -0.25) is 4.79 Å². The number of amides is 1. The fourth-order valence-electron chi connectivity index (χ4n) is 2.22. The molecule has 0 spiro atoms. The van der Waals surface area contributed by atoms with Crippen molar-refractivity contribution in [2.75, 3.05) is 0 Å². The summed E-state index contributed by atoms with van der Waals surface area (Å²) < 4.78 is 5.61. The zero-order valence-corrected chi connectivity index (χ0v) is 15.2. The van der Waals surface area contributed by atoms with Gasteiger partial charge in [-0.15, -0.1) is 11.3 Å². The highest BCUT2D eigenvalue weighted by atomic mass is 35.5. The molecular formula is C19H17ClN2O2S. The summed E-state index contributed by atoms with van der Waals surface area (Å²) in [6.07, 6.45) is -0.645. The molecule has 1 heterocycles. The highest BCUT2D eigenvalue weighted by Gasteiger charge is 2.16. The second kappa shape index (κ2) is 8.14. The third-order valence-electron chi connectivity index (χ3n) is 3.54. The zero-order valence-electron chi connectivity index (χ0n) is 13.6. The Bertz CT molecular complexity index is 851. The van der Waals surface area contributed by atoms with Gasteiger partial charge in [0.1, 0.15) is 10.8 Å². The molecule has 1 unspecified atom stereocenters. The molecule has 3 aromatic rings. The average Bonchev–Trinajstić information content (AvgIpc) is 3.11. The van der Waals surface area contributed by atoms with E-state index in [1.807, 2.05) is 47.8 Å². The molecule has 4 nitrogen and oxygen atoms in total. The van der Waals surface area contributed by atoms with Crippen LogP contribution < -0.4 is 10.1 Å². The van der Waals surface area contributed by atoms with Crippen LogP contribution in [0.15, 0.2) is 60.0 Å². The SMILES string of the molecule is CC(Oc1ccccc1Cl)C(=O)NCc1nc(-c2ccccc2)cs1. The van der Waals surface area contributed by atoms with E-state index < -0.39 is 6.10 Å². The van der Waals surface area contributed by atoms with Crippen molar-refractivity contribution < 1.29 is 9.53 Å². The van der Waals surface area contributed by atoms with Crippen molar-refractivity contribution >= 4 is 28.8 Å². The second-order valence-corrected chi connectivity index (χ2v) is 6.75. The van der Waals surface area contributed by atoms with E-state index in [-0.39, 0.29) is 5.91 Å². The number of aromatic nitrogens is 1. The van der Waals surface area contributed by atoms with Gasteiger partial charge in [-0.25, -0.2) is 4.98 Å². The van der Waals surface area contributed by atoms with Gasteiger partial charge in [0.05, 0.1) is 17.3 Å². The normalized spacial score (nSPS) is 11.8. The molecule has 1 aromatic heterocycles. The van der Waals surface area contributed by atoms with Gasteiger partial charge in [0.25, 0.3) is 5.91 Å². The number of carbonyl (C=O) groups is 1. The maximum atomic E-state index is 12.2. The number of halogens is 1. The minimum atomic E-state index is -0.645. The molecular weight excluding hydrogens is 356 g/mol. The predicted octanol–water partition coefficient (Wildman–Crippen LogP) is 4.55. The number of nitrogens with one attached hydrogen (secondary N) is 1. The van der Waals surface area contributed by atoms with Crippen LogP contribution in [0.1, 0.15) is 11.9 Å². The van der Waals surface area contributed by atoms with Gasteiger partial charge < -0.3 is 10.1 Å². The molecule has 0 saturated carbocycles. The van der Waals surface area contributed by atoms with Crippen LogP contribution in [-0.4, -0.2) is 17.0 Å². The Morgan fingerprint density at radius 3 is 2.68 bits per heavy atom. The Labute approximate surface area is 155 Å². The molecule has 0 bridgehead atoms. The Hall–Kier alpha value is -2.37. The number of nitrogens with zero attached hydrogens (tertiary/aromatic N) is 1. The first-order valence-corrected chi connectivity index (χ1v) is 9.08. The van der Waals surface area contributed by atoms with Crippen LogP contribution in [0.3, 0.4) is 0 Å². The second-order valence-electron chi connectivity index (χ2n) is 5.40. The Balaban J connectivity index is 1.55. The lowest BCUT2D eigenvalue weighted by atomic mass is 10.2. The molecule has 3 rings (SSSR count). The molecule has 0 aliphatic carbocycles. The summed E-state index contributed by atoms with van der Waals surface area (Å²) >= 11 is 7.56. The monoisotopic (exact) mass is 372 g/mol. The number of ether oxygens (including phenoxy) is 1. The van der Waals surface area contributed by atoms with E-state index >= 15 is 0 Å². The minimum Gasteiger partial charge on any atom is -0.479 e. The minimum absolute atomic E-state index is 0.212. The lowest BCUT2D eigenvalue weighted by Gasteiger charge is -2.15. The van der Waals surface area contributed by atoms with Crippen molar-refractivity contribution in [3.63, 3.8) is 0 Å². The highest BCUT2D eigenvalue weighted by molar-refractivity contribution is 7.09. The molecule has 128 valence electrons. The van der Waals surface area contributed by atoms with Gasteiger partial charge >= 0.3 is 0 Å². The van der Waals surface area contributed by atoms with Crippen LogP contribution in [0.2, 0.25) is 5.02 Å². The van der Waals surface area contributed by atoms with Crippen molar-refractivity contribution in [1.82, 2.24) is 10.3 Å². The van der Waals surface area contributed by atoms with Crippen LogP contribution in [0.25, 0.3) is 11.3 Å². The molecule has 6 heteroatoms. The van der Waals surface area contributed by atoms with Crippen LogP contribution >= 0.6 is 22.9 Å². The van der Waals surface area contributed by atoms with Gasteiger partial charge in [-0.05, 0) is 19.1 Å². The number of carbonyl (C=O) groups excluding carboxylic acids is 1. The van der Waals surface area contributed by atoms with Crippen molar-refractivity contribution in [3.8, 4) is 17.0 Å². The first-order valence-electron chi connectivity index (χ1n) is 7.82.